The number of likely N-dealkylation sites (tertiary alicyclic amines) is 1. The number of rotatable bonds is 7. The first kappa shape index (κ1) is 16.6. The Labute approximate surface area is 129 Å². The van der Waals surface area contributed by atoms with Gasteiger partial charge in [-0.2, -0.15) is 0 Å². The predicted octanol–water partition coefficient (Wildman–Crippen LogP) is 1.26. The van der Waals surface area contributed by atoms with Crippen molar-refractivity contribution >= 4 is 5.96 Å². The molecule has 0 amide bonds. The maximum Gasteiger partial charge on any atom is 0.193 e. The average molecular weight is 296 g/mol. The zero-order valence-corrected chi connectivity index (χ0v) is 14.0. The number of guanidine groups is 1. The van der Waals surface area contributed by atoms with E-state index < -0.39 is 0 Å². The van der Waals surface area contributed by atoms with Crippen LogP contribution in [0, 0.1) is 11.8 Å². The highest BCUT2D eigenvalue weighted by atomic mass is 16.5. The van der Waals surface area contributed by atoms with Crippen LogP contribution in [0.15, 0.2) is 4.99 Å². The fourth-order valence-corrected chi connectivity index (χ4v) is 2.90. The maximum atomic E-state index is 5.70. The molecule has 2 aliphatic rings. The van der Waals surface area contributed by atoms with Crippen LogP contribution in [0.5, 0.6) is 0 Å². The van der Waals surface area contributed by atoms with Gasteiger partial charge in [-0.25, -0.2) is 0 Å². The van der Waals surface area contributed by atoms with Crippen LogP contribution in [0.3, 0.4) is 0 Å². The van der Waals surface area contributed by atoms with Gasteiger partial charge >= 0.3 is 0 Å². The molecule has 122 valence electrons. The highest BCUT2D eigenvalue weighted by molar-refractivity contribution is 5.79. The lowest BCUT2D eigenvalue weighted by Crippen LogP contribution is -2.45. The van der Waals surface area contributed by atoms with E-state index in [9.17, 15) is 0 Å². The summed E-state index contributed by atoms with van der Waals surface area (Å²) in [5, 5.41) is 3.52. The molecule has 21 heavy (non-hydrogen) atoms. The van der Waals surface area contributed by atoms with E-state index in [-0.39, 0.29) is 0 Å². The fourth-order valence-electron chi connectivity index (χ4n) is 2.90. The van der Waals surface area contributed by atoms with Gasteiger partial charge in [0.25, 0.3) is 0 Å². The third-order valence-corrected chi connectivity index (χ3v) is 4.47. The summed E-state index contributed by atoms with van der Waals surface area (Å²) in [6.07, 6.45) is 5.35. The number of likely N-dealkylation sites (N-methyl/N-ethyl adjacent to an activating group) is 1. The molecule has 1 aliphatic heterocycles. The van der Waals surface area contributed by atoms with Gasteiger partial charge in [-0.05, 0) is 51.1 Å². The van der Waals surface area contributed by atoms with Crippen molar-refractivity contribution in [3.8, 4) is 0 Å². The summed E-state index contributed by atoms with van der Waals surface area (Å²) >= 11 is 0. The number of hydrogen-bond acceptors (Lipinski definition) is 3. The molecule has 1 saturated heterocycles. The highest BCUT2D eigenvalue weighted by Crippen LogP contribution is 2.28. The van der Waals surface area contributed by atoms with Crippen LogP contribution < -0.4 is 5.32 Å². The molecule has 1 saturated carbocycles. The average Bonchev–Trinajstić information content (AvgIpc) is 3.28. The van der Waals surface area contributed by atoms with Crippen molar-refractivity contribution in [2.24, 2.45) is 16.8 Å². The molecule has 0 bridgehead atoms. The van der Waals surface area contributed by atoms with Gasteiger partial charge in [0.1, 0.15) is 0 Å². The zero-order valence-electron chi connectivity index (χ0n) is 14.0. The van der Waals surface area contributed by atoms with E-state index in [0.717, 1.165) is 44.1 Å². The number of ether oxygens (including phenoxy) is 1. The van der Waals surface area contributed by atoms with Gasteiger partial charge in [-0.15, -0.1) is 0 Å². The number of piperidine rings is 1. The van der Waals surface area contributed by atoms with Crippen molar-refractivity contribution in [2.45, 2.75) is 25.7 Å². The Bertz CT molecular complexity index is 330. The lowest BCUT2D eigenvalue weighted by molar-refractivity contribution is 0.115. The van der Waals surface area contributed by atoms with Crippen LogP contribution in [-0.2, 0) is 4.74 Å². The molecule has 1 aliphatic carbocycles. The summed E-state index contributed by atoms with van der Waals surface area (Å²) in [5.41, 5.74) is 0. The SMILES string of the molecule is CN=C(NCC1CCCN(C)C1)N(C)CCOCC1CC1. The molecule has 0 aromatic heterocycles. The fraction of sp³-hybridized carbons (Fsp3) is 0.938. The second kappa shape index (κ2) is 8.59. The minimum Gasteiger partial charge on any atom is -0.379 e. The largest absolute Gasteiger partial charge is 0.379 e. The summed E-state index contributed by atoms with van der Waals surface area (Å²) in [5.74, 6) is 2.56. The molecule has 2 rings (SSSR count). The summed E-state index contributed by atoms with van der Waals surface area (Å²) in [6.45, 7) is 6.08. The van der Waals surface area contributed by atoms with E-state index in [0.29, 0.717) is 0 Å². The second-order valence-corrected chi connectivity index (χ2v) is 6.64. The Morgan fingerprint density at radius 1 is 1.33 bits per heavy atom. The molecular weight excluding hydrogens is 264 g/mol. The van der Waals surface area contributed by atoms with Crippen molar-refractivity contribution in [3.05, 3.63) is 0 Å². The third-order valence-electron chi connectivity index (χ3n) is 4.47. The number of nitrogens with one attached hydrogen (secondary N) is 1. The monoisotopic (exact) mass is 296 g/mol. The van der Waals surface area contributed by atoms with E-state index in [1.165, 1.54) is 38.8 Å². The normalized spacial score (nSPS) is 24.1. The minimum absolute atomic E-state index is 0.736. The van der Waals surface area contributed by atoms with Gasteiger partial charge in [0, 0.05) is 40.3 Å². The Hall–Kier alpha value is -0.810. The van der Waals surface area contributed by atoms with Crippen molar-refractivity contribution < 1.29 is 4.74 Å². The van der Waals surface area contributed by atoms with Crippen LogP contribution in [0.4, 0.5) is 0 Å². The Morgan fingerprint density at radius 2 is 2.14 bits per heavy atom. The second-order valence-electron chi connectivity index (χ2n) is 6.64. The van der Waals surface area contributed by atoms with Crippen molar-refractivity contribution in [3.63, 3.8) is 0 Å². The predicted molar refractivity (Wildman–Crippen MR) is 87.8 cm³/mol. The topological polar surface area (TPSA) is 40.1 Å². The van der Waals surface area contributed by atoms with Crippen LogP contribution in [0.25, 0.3) is 0 Å². The minimum atomic E-state index is 0.736. The van der Waals surface area contributed by atoms with Crippen molar-refractivity contribution in [2.75, 3.05) is 60.5 Å². The van der Waals surface area contributed by atoms with Gasteiger partial charge in [0.05, 0.1) is 6.61 Å². The van der Waals surface area contributed by atoms with E-state index in [1.807, 2.05) is 7.05 Å². The molecule has 1 heterocycles. The zero-order chi connectivity index (χ0) is 15.1. The van der Waals surface area contributed by atoms with Crippen molar-refractivity contribution in [1.29, 1.82) is 0 Å². The Kier molecular flexibility index (Phi) is 6.77. The molecule has 5 nitrogen and oxygen atoms in total. The van der Waals surface area contributed by atoms with Gasteiger partial charge in [-0.3, -0.25) is 4.99 Å². The van der Waals surface area contributed by atoms with E-state index in [1.54, 1.807) is 0 Å². The molecule has 5 heteroatoms. The van der Waals surface area contributed by atoms with Gasteiger partial charge in [-0.1, -0.05) is 0 Å². The van der Waals surface area contributed by atoms with Crippen LogP contribution >= 0.6 is 0 Å². The molecule has 1 atom stereocenters. The lowest BCUT2D eigenvalue weighted by atomic mass is 9.99. The number of aliphatic imine (C=N–C) groups is 1. The standard InChI is InChI=1S/C16H32N4O/c1-17-16(18-11-15-5-4-8-19(2)12-15)20(3)9-10-21-13-14-6-7-14/h14-15H,4-13H2,1-3H3,(H,17,18). The summed E-state index contributed by atoms with van der Waals surface area (Å²) in [6, 6.07) is 0. The smallest absolute Gasteiger partial charge is 0.193 e. The van der Waals surface area contributed by atoms with Crippen LogP contribution in [-0.4, -0.2) is 76.3 Å². The number of hydrogen-bond donors (Lipinski definition) is 1. The van der Waals surface area contributed by atoms with E-state index in [4.69, 9.17) is 4.74 Å². The Balaban J connectivity index is 1.61. The Morgan fingerprint density at radius 3 is 2.81 bits per heavy atom. The van der Waals surface area contributed by atoms with E-state index in [2.05, 4.69) is 34.2 Å². The maximum absolute atomic E-state index is 5.70. The van der Waals surface area contributed by atoms with Crippen LogP contribution in [0.2, 0.25) is 0 Å². The van der Waals surface area contributed by atoms with Gasteiger partial charge < -0.3 is 19.9 Å². The van der Waals surface area contributed by atoms with Crippen molar-refractivity contribution in [1.82, 2.24) is 15.1 Å². The number of nitrogens with zero attached hydrogens (tertiary/aromatic N) is 3. The summed E-state index contributed by atoms with van der Waals surface area (Å²) < 4.78 is 5.70. The molecule has 1 N–H and O–H groups in total. The van der Waals surface area contributed by atoms with Gasteiger partial charge in [0.15, 0.2) is 5.96 Å². The lowest BCUT2D eigenvalue weighted by Gasteiger charge is -2.31. The molecule has 0 aromatic carbocycles. The first-order chi connectivity index (χ1) is 10.2. The third kappa shape index (κ3) is 6.22. The van der Waals surface area contributed by atoms with E-state index >= 15 is 0 Å². The molecule has 0 radical (unpaired) electrons. The first-order valence-electron chi connectivity index (χ1n) is 8.37. The van der Waals surface area contributed by atoms with Crippen LogP contribution in [0.1, 0.15) is 25.7 Å². The molecule has 1 unspecified atom stereocenters. The summed E-state index contributed by atoms with van der Waals surface area (Å²) in [7, 11) is 6.16. The molecule has 0 aromatic rings. The molecule has 2 fully saturated rings. The first-order valence-corrected chi connectivity index (χ1v) is 8.37. The summed E-state index contributed by atoms with van der Waals surface area (Å²) in [4.78, 5) is 8.97. The molecular formula is C16H32N4O. The highest BCUT2D eigenvalue weighted by Gasteiger charge is 2.21. The quantitative estimate of drug-likeness (QED) is 0.436. The molecule has 0 spiro atoms. The van der Waals surface area contributed by atoms with Gasteiger partial charge in [0.2, 0.25) is 0 Å².